The zero-order valence-corrected chi connectivity index (χ0v) is 21.7. The van der Waals surface area contributed by atoms with Gasteiger partial charge in [-0.25, -0.2) is 0 Å². The van der Waals surface area contributed by atoms with Gasteiger partial charge < -0.3 is 24.6 Å². The molecule has 0 aliphatic heterocycles. The number of aliphatic hydroxyl groups excluding tert-OH is 1. The van der Waals surface area contributed by atoms with Crippen molar-refractivity contribution in [1.29, 1.82) is 0 Å². The summed E-state index contributed by atoms with van der Waals surface area (Å²) in [6.07, 6.45) is 9.99. The zero-order valence-electron chi connectivity index (χ0n) is 21.7. The number of nitrogens with one attached hydrogen (secondary N) is 1. The van der Waals surface area contributed by atoms with E-state index in [1.807, 2.05) is 38.1 Å². The highest BCUT2D eigenvalue weighted by Gasteiger charge is 2.25. The van der Waals surface area contributed by atoms with E-state index in [2.05, 4.69) is 5.32 Å². The first-order valence-corrected chi connectivity index (χ1v) is 12.9. The number of ether oxygens (including phenoxy) is 1. The van der Waals surface area contributed by atoms with Crippen LogP contribution in [0, 0.1) is 5.92 Å². The van der Waals surface area contributed by atoms with Crippen LogP contribution in [0.4, 0.5) is 0 Å². The number of carbonyl (C=O) groups excluding carboxylic acids is 2. The summed E-state index contributed by atoms with van der Waals surface area (Å²) in [7, 11) is 1.58. The second-order valence-corrected chi connectivity index (χ2v) is 9.76. The number of benzene rings is 1. The lowest BCUT2D eigenvalue weighted by Crippen LogP contribution is -2.42. The lowest BCUT2D eigenvalue weighted by Gasteiger charge is -2.26. The molecule has 36 heavy (non-hydrogen) atoms. The summed E-state index contributed by atoms with van der Waals surface area (Å²) in [5.74, 6) is 0.297. The van der Waals surface area contributed by atoms with Gasteiger partial charge in [-0.1, -0.05) is 50.3 Å². The summed E-state index contributed by atoms with van der Waals surface area (Å²) in [5.41, 5.74) is 0.0934. The third-order valence-corrected chi connectivity index (χ3v) is 6.89. The molecule has 1 aliphatic carbocycles. The topological polar surface area (TPSA) is 101 Å². The Hall–Kier alpha value is -3.13. The predicted octanol–water partition coefficient (Wildman–Crippen LogP) is 3.45. The lowest BCUT2D eigenvalue weighted by molar-refractivity contribution is 0.0663. The molecule has 0 radical (unpaired) electrons. The molecule has 0 saturated heterocycles. The number of pyridine rings is 1. The van der Waals surface area contributed by atoms with Crippen LogP contribution in [0.5, 0.6) is 5.75 Å². The van der Waals surface area contributed by atoms with Gasteiger partial charge in [0, 0.05) is 37.1 Å². The first-order valence-electron chi connectivity index (χ1n) is 12.9. The van der Waals surface area contributed by atoms with Crippen LogP contribution < -0.4 is 15.5 Å². The van der Waals surface area contributed by atoms with Gasteiger partial charge in [0.1, 0.15) is 16.9 Å². The molecule has 0 bridgehead atoms. The Morgan fingerprint density at radius 1 is 1.14 bits per heavy atom. The molecule has 8 heteroatoms. The van der Waals surface area contributed by atoms with Gasteiger partial charge in [0.2, 0.25) is 5.43 Å². The molecular weight excluding hydrogens is 458 g/mol. The SMILES string of the molecule is COc1ccccc1Cn1cc(C(=O)NCCC2CCCCC2)c(=O)c(C(=O)N(CCO)C(C)C)c1. The van der Waals surface area contributed by atoms with E-state index >= 15 is 0 Å². The molecule has 0 unspecified atom stereocenters. The van der Waals surface area contributed by atoms with Gasteiger partial charge >= 0.3 is 0 Å². The second kappa shape index (κ2) is 13.3. The van der Waals surface area contributed by atoms with Crippen molar-refractivity contribution in [3.05, 3.63) is 63.6 Å². The van der Waals surface area contributed by atoms with E-state index in [9.17, 15) is 19.5 Å². The highest BCUT2D eigenvalue weighted by molar-refractivity contribution is 5.99. The van der Waals surface area contributed by atoms with Crippen LogP contribution in [0.15, 0.2) is 41.5 Å². The van der Waals surface area contributed by atoms with Crippen LogP contribution >= 0.6 is 0 Å². The number of carbonyl (C=O) groups is 2. The molecule has 1 saturated carbocycles. The van der Waals surface area contributed by atoms with E-state index in [0.717, 1.165) is 12.0 Å². The van der Waals surface area contributed by atoms with Gasteiger partial charge in [-0.05, 0) is 32.3 Å². The van der Waals surface area contributed by atoms with Crippen molar-refractivity contribution < 1.29 is 19.4 Å². The Morgan fingerprint density at radius 2 is 1.83 bits per heavy atom. The fourth-order valence-corrected chi connectivity index (χ4v) is 4.88. The van der Waals surface area contributed by atoms with Crippen molar-refractivity contribution >= 4 is 11.8 Å². The fraction of sp³-hybridized carbons (Fsp3) is 0.536. The van der Waals surface area contributed by atoms with Crippen LogP contribution in [0.1, 0.15) is 78.7 Å². The van der Waals surface area contributed by atoms with E-state index in [1.165, 1.54) is 49.4 Å². The smallest absolute Gasteiger partial charge is 0.259 e. The van der Waals surface area contributed by atoms with Crippen molar-refractivity contribution in [2.75, 3.05) is 26.8 Å². The Morgan fingerprint density at radius 3 is 2.50 bits per heavy atom. The number of amides is 2. The molecule has 1 heterocycles. The number of hydrogen-bond donors (Lipinski definition) is 2. The van der Waals surface area contributed by atoms with E-state index in [4.69, 9.17) is 4.74 Å². The Kier molecular flexibility index (Phi) is 10.1. The third kappa shape index (κ3) is 6.97. The van der Waals surface area contributed by atoms with E-state index < -0.39 is 17.2 Å². The maximum Gasteiger partial charge on any atom is 0.259 e. The maximum atomic E-state index is 13.4. The van der Waals surface area contributed by atoms with Gasteiger partial charge in [0.05, 0.1) is 20.3 Å². The van der Waals surface area contributed by atoms with Crippen molar-refractivity contribution in [3.8, 4) is 5.75 Å². The molecule has 8 nitrogen and oxygen atoms in total. The molecule has 2 amide bonds. The molecule has 1 aromatic carbocycles. The molecule has 1 fully saturated rings. The van der Waals surface area contributed by atoms with E-state index in [0.29, 0.717) is 24.8 Å². The summed E-state index contributed by atoms with van der Waals surface area (Å²) in [6.45, 7) is 4.33. The molecule has 3 rings (SSSR count). The predicted molar refractivity (Wildman–Crippen MR) is 140 cm³/mol. The van der Waals surface area contributed by atoms with Gasteiger partial charge in [0.15, 0.2) is 0 Å². The number of aromatic nitrogens is 1. The first kappa shape index (κ1) is 27.5. The van der Waals surface area contributed by atoms with E-state index in [-0.39, 0.29) is 30.3 Å². The molecule has 2 N–H and O–H groups in total. The van der Waals surface area contributed by atoms with Crippen LogP contribution in [-0.4, -0.2) is 59.2 Å². The summed E-state index contributed by atoms with van der Waals surface area (Å²) in [6, 6.07) is 7.26. The minimum atomic E-state index is -0.602. The van der Waals surface area contributed by atoms with Crippen LogP contribution in [0.2, 0.25) is 0 Å². The van der Waals surface area contributed by atoms with Crippen molar-refractivity contribution in [1.82, 2.24) is 14.8 Å². The van der Waals surface area contributed by atoms with Gasteiger partial charge in [0.25, 0.3) is 11.8 Å². The number of hydrogen-bond acceptors (Lipinski definition) is 5. The average Bonchev–Trinajstić information content (AvgIpc) is 2.88. The van der Waals surface area contributed by atoms with Gasteiger partial charge in [-0.2, -0.15) is 0 Å². The number of methoxy groups -OCH3 is 1. The maximum absolute atomic E-state index is 13.4. The van der Waals surface area contributed by atoms with Crippen LogP contribution in [-0.2, 0) is 6.54 Å². The first-order chi connectivity index (χ1) is 17.3. The highest BCUT2D eigenvalue weighted by Crippen LogP contribution is 2.25. The number of rotatable bonds is 11. The number of aliphatic hydroxyl groups is 1. The quantitative estimate of drug-likeness (QED) is 0.495. The van der Waals surface area contributed by atoms with Crippen molar-refractivity contribution in [3.63, 3.8) is 0 Å². The van der Waals surface area contributed by atoms with Crippen molar-refractivity contribution in [2.45, 2.75) is 65.0 Å². The molecule has 196 valence electrons. The molecule has 0 atom stereocenters. The second-order valence-electron chi connectivity index (χ2n) is 9.76. The summed E-state index contributed by atoms with van der Waals surface area (Å²) < 4.78 is 7.13. The summed E-state index contributed by atoms with van der Waals surface area (Å²) in [4.78, 5) is 41.3. The highest BCUT2D eigenvalue weighted by atomic mass is 16.5. The number of para-hydroxylation sites is 1. The molecule has 1 aliphatic rings. The number of nitrogens with zero attached hydrogens (tertiary/aromatic N) is 2. The minimum Gasteiger partial charge on any atom is -0.496 e. The zero-order chi connectivity index (χ0) is 26.1. The summed E-state index contributed by atoms with van der Waals surface area (Å²) >= 11 is 0. The van der Waals surface area contributed by atoms with Crippen molar-refractivity contribution in [2.24, 2.45) is 5.92 Å². The van der Waals surface area contributed by atoms with Crippen LogP contribution in [0.3, 0.4) is 0 Å². The molecule has 2 aromatic rings. The average molecular weight is 498 g/mol. The third-order valence-electron chi connectivity index (χ3n) is 6.89. The fourth-order valence-electron chi connectivity index (χ4n) is 4.88. The lowest BCUT2D eigenvalue weighted by atomic mass is 9.87. The van der Waals surface area contributed by atoms with E-state index in [1.54, 1.807) is 11.7 Å². The Bertz CT molecular complexity index is 1090. The monoisotopic (exact) mass is 497 g/mol. The Labute approximate surface area is 213 Å². The standard InChI is InChI=1S/C28H39N3O5/c1-20(2)31(15-16-32)28(35)24-19-30(17-22-11-7-8-12-25(22)36-3)18-23(26(24)33)27(34)29-14-13-21-9-5-4-6-10-21/h7-8,11-12,18-21,32H,4-6,9-10,13-17H2,1-3H3,(H,29,34). The minimum absolute atomic E-state index is 0.0629. The largest absolute Gasteiger partial charge is 0.496 e. The Balaban J connectivity index is 1.92. The molecule has 0 spiro atoms. The normalized spacial score (nSPS) is 14.0. The van der Waals surface area contributed by atoms with Gasteiger partial charge in [-0.15, -0.1) is 0 Å². The molecular formula is C28H39N3O5. The van der Waals surface area contributed by atoms with Crippen LogP contribution in [0.25, 0.3) is 0 Å². The van der Waals surface area contributed by atoms with Gasteiger partial charge in [-0.3, -0.25) is 14.4 Å². The summed E-state index contributed by atoms with van der Waals surface area (Å²) in [5, 5.41) is 12.4. The molecule has 1 aromatic heterocycles.